The van der Waals surface area contributed by atoms with E-state index >= 15 is 0 Å². The number of hydrogen-bond acceptors (Lipinski definition) is 3. The molecule has 0 rings (SSSR count). The maximum Gasteiger partial charge on any atom is 0.246 e. The van der Waals surface area contributed by atoms with E-state index in [1.165, 1.54) is 0 Å². The number of ether oxygens (including phenoxy) is 1. The van der Waals surface area contributed by atoms with E-state index < -0.39 is 5.54 Å². The fourth-order valence-electron chi connectivity index (χ4n) is 0.644. The van der Waals surface area contributed by atoms with E-state index in [0.29, 0.717) is 13.2 Å². The molecule has 0 aliphatic carbocycles. The monoisotopic (exact) mass is 186 g/mol. The van der Waals surface area contributed by atoms with Crippen LogP contribution in [0.2, 0.25) is 0 Å². The van der Waals surface area contributed by atoms with E-state index in [1.807, 2.05) is 13.8 Å². The summed E-state index contributed by atoms with van der Waals surface area (Å²) in [6.45, 7) is 8.05. The summed E-state index contributed by atoms with van der Waals surface area (Å²) in [5.74, 6) is -0.149. The lowest BCUT2D eigenvalue weighted by Crippen LogP contribution is -2.39. The summed E-state index contributed by atoms with van der Waals surface area (Å²) in [5.41, 5.74) is 5.26. The van der Waals surface area contributed by atoms with E-state index in [2.05, 4.69) is 11.9 Å². The van der Waals surface area contributed by atoms with Crippen molar-refractivity contribution in [1.82, 2.24) is 5.32 Å². The molecule has 4 nitrogen and oxygen atoms in total. The summed E-state index contributed by atoms with van der Waals surface area (Å²) < 4.78 is 5.09. The SMILES string of the molecule is C=CCNC(=O)COCC(C)(C)N. The summed E-state index contributed by atoms with van der Waals surface area (Å²) >= 11 is 0. The Labute approximate surface area is 79.1 Å². The molecule has 13 heavy (non-hydrogen) atoms. The number of carbonyl (C=O) groups excluding carboxylic acids is 1. The minimum Gasteiger partial charge on any atom is -0.370 e. The molecule has 0 bridgehead atoms. The molecular weight excluding hydrogens is 168 g/mol. The van der Waals surface area contributed by atoms with Crippen LogP contribution in [0.25, 0.3) is 0 Å². The van der Waals surface area contributed by atoms with Crippen LogP contribution in [-0.4, -0.2) is 31.2 Å². The molecule has 0 aromatic carbocycles. The lowest BCUT2D eigenvalue weighted by Gasteiger charge is -2.17. The number of hydrogen-bond donors (Lipinski definition) is 2. The molecule has 0 aliphatic heterocycles. The van der Waals surface area contributed by atoms with Crippen LogP contribution in [0.15, 0.2) is 12.7 Å². The molecule has 0 aromatic heterocycles. The summed E-state index contributed by atoms with van der Waals surface area (Å²) in [4.78, 5) is 11.0. The van der Waals surface area contributed by atoms with Crippen molar-refractivity contribution in [1.29, 1.82) is 0 Å². The van der Waals surface area contributed by atoms with Crippen LogP contribution in [0.3, 0.4) is 0 Å². The van der Waals surface area contributed by atoms with Gasteiger partial charge in [-0.05, 0) is 13.8 Å². The molecule has 1 amide bonds. The number of nitrogens with one attached hydrogen (secondary N) is 1. The molecular formula is C9H18N2O2. The van der Waals surface area contributed by atoms with Gasteiger partial charge in [0.15, 0.2) is 0 Å². The topological polar surface area (TPSA) is 64.3 Å². The highest BCUT2D eigenvalue weighted by atomic mass is 16.5. The summed E-state index contributed by atoms with van der Waals surface area (Å²) in [6.07, 6.45) is 1.62. The fourth-order valence-corrected chi connectivity index (χ4v) is 0.644. The number of nitrogens with two attached hydrogens (primary N) is 1. The summed E-state index contributed by atoms with van der Waals surface area (Å²) in [5, 5.41) is 2.60. The first kappa shape index (κ1) is 12.1. The highest BCUT2D eigenvalue weighted by Crippen LogP contribution is 1.95. The van der Waals surface area contributed by atoms with Gasteiger partial charge in [-0.25, -0.2) is 0 Å². The van der Waals surface area contributed by atoms with Crippen LogP contribution in [0.1, 0.15) is 13.8 Å². The van der Waals surface area contributed by atoms with Gasteiger partial charge in [0, 0.05) is 12.1 Å². The second-order valence-corrected chi connectivity index (χ2v) is 3.57. The Hall–Kier alpha value is -0.870. The standard InChI is InChI=1S/C9H18N2O2/c1-4-5-11-8(12)6-13-7-9(2,3)10/h4H,1,5-7,10H2,2-3H3,(H,11,12). The van der Waals surface area contributed by atoms with Gasteiger partial charge in [0.05, 0.1) is 6.61 Å². The first-order chi connectivity index (χ1) is 5.95. The second-order valence-electron chi connectivity index (χ2n) is 3.57. The molecule has 0 spiro atoms. The zero-order valence-corrected chi connectivity index (χ0v) is 8.30. The van der Waals surface area contributed by atoms with E-state index in [0.717, 1.165) is 0 Å². The van der Waals surface area contributed by atoms with Gasteiger partial charge in [0.2, 0.25) is 5.91 Å². The van der Waals surface area contributed by atoms with E-state index in [-0.39, 0.29) is 12.5 Å². The highest BCUT2D eigenvalue weighted by Gasteiger charge is 2.11. The van der Waals surface area contributed by atoms with Crippen molar-refractivity contribution in [2.24, 2.45) is 5.73 Å². The third-order valence-electron chi connectivity index (χ3n) is 1.15. The average Bonchev–Trinajstić information content (AvgIpc) is 1.98. The van der Waals surface area contributed by atoms with Crippen molar-refractivity contribution in [2.45, 2.75) is 19.4 Å². The fraction of sp³-hybridized carbons (Fsp3) is 0.667. The lowest BCUT2D eigenvalue weighted by molar-refractivity contribution is -0.125. The summed E-state index contributed by atoms with van der Waals surface area (Å²) in [7, 11) is 0. The van der Waals surface area contributed by atoms with Gasteiger partial charge in [-0.2, -0.15) is 0 Å². The van der Waals surface area contributed by atoms with Crippen molar-refractivity contribution in [3.63, 3.8) is 0 Å². The Bertz CT molecular complexity index is 173. The smallest absolute Gasteiger partial charge is 0.246 e. The molecule has 0 saturated heterocycles. The Kier molecular flexibility index (Phi) is 5.34. The van der Waals surface area contributed by atoms with Gasteiger partial charge in [-0.15, -0.1) is 6.58 Å². The third kappa shape index (κ3) is 9.04. The molecule has 4 heteroatoms. The first-order valence-corrected chi connectivity index (χ1v) is 4.20. The maximum absolute atomic E-state index is 11.0. The van der Waals surface area contributed by atoms with Crippen LogP contribution < -0.4 is 11.1 Å². The molecule has 76 valence electrons. The second kappa shape index (κ2) is 5.72. The summed E-state index contributed by atoms with van der Waals surface area (Å²) in [6, 6.07) is 0. The molecule has 3 N–H and O–H groups in total. The number of carbonyl (C=O) groups is 1. The Morgan fingerprint density at radius 1 is 1.69 bits per heavy atom. The van der Waals surface area contributed by atoms with E-state index in [9.17, 15) is 4.79 Å². The van der Waals surface area contributed by atoms with Crippen LogP contribution in [0.5, 0.6) is 0 Å². The number of amides is 1. The number of rotatable bonds is 6. The van der Waals surface area contributed by atoms with Gasteiger partial charge in [-0.3, -0.25) is 4.79 Å². The first-order valence-electron chi connectivity index (χ1n) is 4.20. The van der Waals surface area contributed by atoms with E-state index in [4.69, 9.17) is 10.5 Å². The van der Waals surface area contributed by atoms with E-state index in [1.54, 1.807) is 6.08 Å². The van der Waals surface area contributed by atoms with Crippen LogP contribution in [0, 0.1) is 0 Å². The molecule has 0 unspecified atom stereocenters. The van der Waals surface area contributed by atoms with Crippen LogP contribution in [0.4, 0.5) is 0 Å². The minimum atomic E-state index is -0.390. The van der Waals surface area contributed by atoms with Gasteiger partial charge in [0.1, 0.15) is 6.61 Å². The van der Waals surface area contributed by atoms with Gasteiger partial charge >= 0.3 is 0 Å². The molecule has 0 fully saturated rings. The Morgan fingerprint density at radius 3 is 2.77 bits per heavy atom. The van der Waals surface area contributed by atoms with Crippen molar-refractivity contribution in [3.05, 3.63) is 12.7 Å². The normalized spacial score (nSPS) is 11.0. The Balaban J connectivity index is 3.42. The zero-order chi connectivity index (χ0) is 10.3. The van der Waals surface area contributed by atoms with Crippen LogP contribution >= 0.6 is 0 Å². The minimum absolute atomic E-state index is 0.0501. The molecule has 0 aliphatic rings. The van der Waals surface area contributed by atoms with Crippen molar-refractivity contribution < 1.29 is 9.53 Å². The Morgan fingerprint density at radius 2 is 2.31 bits per heavy atom. The molecule has 0 saturated carbocycles. The molecule has 0 atom stereocenters. The lowest BCUT2D eigenvalue weighted by atomic mass is 10.1. The van der Waals surface area contributed by atoms with Gasteiger partial charge in [0.25, 0.3) is 0 Å². The third-order valence-corrected chi connectivity index (χ3v) is 1.15. The van der Waals surface area contributed by atoms with Gasteiger partial charge < -0.3 is 15.8 Å². The quantitative estimate of drug-likeness (QED) is 0.576. The maximum atomic E-state index is 11.0. The predicted molar refractivity (Wildman–Crippen MR) is 52.3 cm³/mol. The van der Waals surface area contributed by atoms with Crippen molar-refractivity contribution in [2.75, 3.05) is 19.8 Å². The average molecular weight is 186 g/mol. The highest BCUT2D eigenvalue weighted by molar-refractivity contribution is 5.77. The predicted octanol–water partition coefficient (Wildman–Crippen LogP) is 0.0425. The zero-order valence-electron chi connectivity index (χ0n) is 8.30. The largest absolute Gasteiger partial charge is 0.370 e. The van der Waals surface area contributed by atoms with Crippen LogP contribution in [-0.2, 0) is 9.53 Å². The van der Waals surface area contributed by atoms with Gasteiger partial charge in [-0.1, -0.05) is 6.08 Å². The molecule has 0 aromatic rings. The molecule has 0 heterocycles. The molecule has 0 radical (unpaired) electrons. The van der Waals surface area contributed by atoms with Crippen molar-refractivity contribution in [3.8, 4) is 0 Å². The van der Waals surface area contributed by atoms with Crippen molar-refractivity contribution >= 4 is 5.91 Å².